The standard InChI is InChI=1S/C29H23Cl3N2O4/c30-22-2-1-3-23(31)26(22)27-21(28(38-34-27)14-4-5-14)13-37-16-7-8-17(24(32)11-16)19-12-18(19)15-6-9-25(35)20(10-15)29(33)36/h1-3,6-11,14,18-19,35H,4-5,12-13H2,(H2,33,36). The van der Waals surface area contributed by atoms with E-state index in [9.17, 15) is 9.90 Å². The number of carbonyl (C=O) groups is 1. The van der Waals surface area contributed by atoms with E-state index in [1.807, 2.05) is 24.3 Å². The van der Waals surface area contributed by atoms with Gasteiger partial charge in [-0.1, -0.05) is 58.2 Å². The molecule has 3 aromatic carbocycles. The topological polar surface area (TPSA) is 98.6 Å². The summed E-state index contributed by atoms with van der Waals surface area (Å²) in [6.45, 7) is 0.233. The Morgan fingerprint density at radius 3 is 2.47 bits per heavy atom. The largest absolute Gasteiger partial charge is 0.507 e. The van der Waals surface area contributed by atoms with E-state index in [1.54, 1.807) is 24.3 Å². The molecule has 0 saturated heterocycles. The lowest BCUT2D eigenvalue weighted by atomic mass is 10.0. The number of nitrogens with two attached hydrogens (primary N) is 1. The molecule has 1 aromatic heterocycles. The Labute approximate surface area is 234 Å². The van der Waals surface area contributed by atoms with E-state index < -0.39 is 5.91 Å². The third-order valence-corrected chi connectivity index (χ3v) is 8.18. The van der Waals surface area contributed by atoms with Crippen molar-refractivity contribution in [3.8, 4) is 22.8 Å². The molecule has 2 aliphatic carbocycles. The van der Waals surface area contributed by atoms with Gasteiger partial charge in [-0.15, -0.1) is 0 Å². The number of benzene rings is 3. The molecule has 0 spiro atoms. The summed E-state index contributed by atoms with van der Waals surface area (Å²) in [4.78, 5) is 11.6. The third-order valence-electron chi connectivity index (χ3n) is 7.23. The summed E-state index contributed by atoms with van der Waals surface area (Å²) in [6.07, 6.45) is 2.97. The van der Waals surface area contributed by atoms with Crippen LogP contribution in [0.15, 0.2) is 59.1 Å². The fraction of sp³-hybridized carbons (Fsp3) is 0.241. The van der Waals surface area contributed by atoms with Gasteiger partial charge in [0.2, 0.25) is 0 Å². The highest BCUT2D eigenvalue weighted by Crippen LogP contribution is 2.56. The average Bonchev–Trinajstić information content (AvgIpc) is 3.81. The first kappa shape index (κ1) is 25.1. The molecular formula is C29H23Cl3N2O4. The Kier molecular flexibility index (Phi) is 6.50. The number of halogens is 3. The molecule has 0 aliphatic heterocycles. The van der Waals surface area contributed by atoms with Gasteiger partial charge < -0.3 is 20.1 Å². The number of ether oxygens (including phenoxy) is 1. The van der Waals surface area contributed by atoms with Crippen LogP contribution in [0.2, 0.25) is 15.1 Å². The van der Waals surface area contributed by atoms with Gasteiger partial charge in [-0.05, 0) is 78.6 Å². The van der Waals surface area contributed by atoms with E-state index in [1.165, 1.54) is 6.07 Å². The average molecular weight is 570 g/mol. The van der Waals surface area contributed by atoms with Crippen molar-refractivity contribution in [2.24, 2.45) is 5.73 Å². The minimum atomic E-state index is -0.654. The molecule has 0 radical (unpaired) electrons. The number of rotatable bonds is 8. The number of carbonyl (C=O) groups excluding carboxylic acids is 1. The molecule has 6 nitrogen and oxygen atoms in total. The third kappa shape index (κ3) is 4.73. The van der Waals surface area contributed by atoms with Crippen LogP contribution in [0.1, 0.15) is 69.8 Å². The highest BCUT2D eigenvalue weighted by molar-refractivity contribution is 6.39. The number of nitrogens with zero attached hydrogens (tertiary/aromatic N) is 1. The van der Waals surface area contributed by atoms with Gasteiger partial charge in [-0.2, -0.15) is 0 Å². The number of amides is 1. The molecule has 2 saturated carbocycles. The molecule has 6 rings (SSSR count). The van der Waals surface area contributed by atoms with E-state index in [0.29, 0.717) is 38.0 Å². The molecule has 1 heterocycles. The maximum atomic E-state index is 11.6. The summed E-state index contributed by atoms with van der Waals surface area (Å²) in [6, 6.07) is 16.0. The second-order valence-electron chi connectivity index (χ2n) is 9.81. The predicted octanol–water partition coefficient (Wildman–Crippen LogP) is 7.83. The van der Waals surface area contributed by atoms with Crippen molar-refractivity contribution in [3.63, 3.8) is 0 Å². The van der Waals surface area contributed by atoms with Crippen molar-refractivity contribution in [3.05, 3.63) is 97.7 Å². The number of primary amides is 1. The molecule has 2 fully saturated rings. The SMILES string of the molecule is NC(=O)c1cc(C2CC2c2ccc(OCc3c(-c4c(Cl)cccc4Cl)noc3C3CC3)cc2Cl)ccc1O. The summed E-state index contributed by atoms with van der Waals surface area (Å²) in [5, 5.41) is 15.8. The first-order valence-corrected chi connectivity index (χ1v) is 13.4. The molecule has 9 heteroatoms. The van der Waals surface area contributed by atoms with E-state index in [0.717, 1.165) is 41.7 Å². The van der Waals surface area contributed by atoms with Crippen LogP contribution in [0, 0.1) is 0 Å². The molecule has 194 valence electrons. The number of phenols is 1. The van der Waals surface area contributed by atoms with Gasteiger partial charge in [0.25, 0.3) is 5.91 Å². The van der Waals surface area contributed by atoms with Crippen LogP contribution < -0.4 is 10.5 Å². The summed E-state index contributed by atoms with van der Waals surface area (Å²) >= 11 is 19.6. The molecule has 2 atom stereocenters. The van der Waals surface area contributed by atoms with Crippen LogP contribution in [0.5, 0.6) is 11.5 Å². The van der Waals surface area contributed by atoms with Crippen molar-refractivity contribution in [2.75, 3.05) is 0 Å². The lowest BCUT2D eigenvalue weighted by molar-refractivity contribution is 0.0997. The van der Waals surface area contributed by atoms with E-state index in [4.69, 9.17) is 49.8 Å². The summed E-state index contributed by atoms with van der Waals surface area (Å²) in [5.74, 6) is 1.38. The molecule has 2 aliphatic rings. The molecule has 38 heavy (non-hydrogen) atoms. The van der Waals surface area contributed by atoms with Crippen molar-refractivity contribution in [1.82, 2.24) is 5.16 Å². The van der Waals surface area contributed by atoms with Gasteiger partial charge in [0, 0.05) is 16.5 Å². The van der Waals surface area contributed by atoms with Gasteiger partial charge in [0.05, 0.1) is 21.2 Å². The molecular weight excluding hydrogens is 547 g/mol. The van der Waals surface area contributed by atoms with Gasteiger partial charge >= 0.3 is 0 Å². The second-order valence-corrected chi connectivity index (χ2v) is 11.0. The van der Waals surface area contributed by atoms with Crippen molar-refractivity contribution >= 4 is 40.7 Å². The van der Waals surface area contributed by atoms with Crippen LogP contribution in [0.25, 0.3) is 11.3 Å². The molecule has 0 bridgehead atoms. The first-order valence-electron chi connectivity index (χ1n) is 12.3. The van der Waals surface area contributed by atoms with Crippen molar-refractivity contribution < 1.29 is 19.2 Å². The van der Waals surface area contributed by atoms with Crippen LogP contribution >= 0.6 is 34.8 Å². The maximum absolute atomic E-state index is 11.6. The predicted molar refractivity (Wildman–Crippen MR) is 146 cm³/mol. The molecule has 1 amide bonds. The Bertz CT molecular complexity index is 1540. The maximum Gasteiger partial charge on any atom is 0.252 e. The Morgan fingerprint density at radius 2 is 1.79 bits per heavy atom. The lowest BCUT2D eigenvalue weighted by Gasteiger charge is -2.11. The number of aromatic hydroxyl groups is 1. The zero-order chi connectivity index (χ0) is 26.6. The van der Waals surface area contributed by atoms with Crippen LogP contribution in [-0.2, 0) is 6.61 Å². The fourth-order valence-corrected chi connectivity index (χ4v) is 5.88. The smallest absolute Gasteiger partial charge is 0.252 e. The zero-order valence-corrected chi connectivity index (χ0v) is 22.4. The molecule has 3 N–H and O–H groups in total. The monoisotopic (exact) mass is 568 g/mol. The van der Waals surface area contributed by atoms with Crippen molar-refractivity contribution in [2.45, 2.75) is 43.6 Å². The van der Waals surface area contributed by atoms with Crippen LogP contribution in [0.3, 0.4) is 0 Å². The molecule has 4 aromatic rings. The molecule has 2 unspecified atom stereocenters. The number of hydrogen-bond acceptors (Lipinski definition) is 5. The number of hydrogen-bond donors (Lipinski definition) is 2. The Morgan fingerprint density at radius 1 is 1.03 bits per heavy atom. The van der Waals surface area contributed by atoms with Crippen LogP contribution in [0.4, 0.5) is 0 Å². The minimum absolute atomic E-state index is 0.115. The highest BCUT2D eigenvalue weighted by Gasteiger charge is 2.41. The van der Waals surface area contributed by atoms with Gasteiger partial charge in [-0.3, -0.25) is 4.79 Å². The van der Waals surface area contributed by atoms with Gasteiger partial charge in [0.1, 0.15) is 29.6 Å². The summed E-state index contributed by atoms with van der Waals surface area (Å²) < 4.78 is 11.9. The second kappa shape index (κ2) is 9.84. The van der Waals surface area contributed by atoms with E-state index in [2.05, 4.69) is 5.16 Å². The van der Waals surface area contributed by atoms with E-state index in [-0.39, 0.29) is 29.8 Å². The van der Waals surface area contributed by atoms with Gasteiger partial charge in [-0.25, -0.2) is 0 Å². The first-order chi connectivity index (χ1) is 18.3. The van der Waals surface area contributed by atoms with Crippen molar-refractivity contribution in [1.29, 1.82) is 0 Å². The number of aromatic nitrogens is 1. The Balaban J connectivity index is 1.21. The highest BCUT2D eigenvalue weighted by atomic mass is 35.5. The Hall–Kier alpha value is -3.19. The summed E-state index contributed by atoms with van der Waals surface area (Å²) in [5.41, 5.74) is 9.52. The zero-order valence-electron chi connectivity index (χ0n) is 20.1. The quantitative estimate of drug-likeness (QED) is 0.225. The lowest BCUT2D eigenvalue weighted by Crippen LogP contribution is -2.11. The van der Waals surface area contributed by atoms with E-state index >= 15 is 0 Å². The van der Waals surface area contributed by atoms with Crippen LogP contribution in [-0.4, -0.2) is 16.2 Å². The normalized spacial score (nSPS) is 18.4. The van der Waals surface area contributed by atoms with Gasteiger partial charge in [0.15, 0.2) is 0 Å². The summed E-state index contributed by atoms with van der Waals surface area (Å²) in [7, 11) is 0. The minimum Gasteiger partial charge on any atom is -0.507 e. The fourth-order valence-electron chi connectivity index (χ4n) is 4.99.